The van der Waals surface area contributed by atoms with Gasteiger partial charge < -0.3 is 15.2 Å². The van der Waals surface area contributed by atoms with Gasteiger partial charge in [-0.15, -0.1) is 0 Å². The highest BCUT2D eigenvalue weighted by atomic mass is 32.2. The summed E-state index contributed by atoms with van der Waals surface area (Å²) in [5.41, 5.74) is 0.988. The standard InChI is InChI=1S/C15H26N4OS/c1-4-16-15(18-12-6-5-7-21-10-12)17-9-13-8-14(11(2)3)19-20-13/h8,11-12H,4-7,9-10H2,1-3H3,(H2,16,17,18). The summed E-state index contributed by atoms with van der Waals surface area (Å²) in [6, 6.07) is 2.51. The van der Waals surface area contributed by atoms with Gasteiger partial charge in [-0.1, -0.05) is 19.0 Å². The van der Waals surface area contributed by atoms with Crippen LogP contribution in [0, 0.1) is 0 Å². The van der Waals surface area contributed by atoms with E-state index in [4.69, 9.17) is 4.52 Å². The lowest BCUT2D eigenvalue weighted by Gasteiger charge is -2.24. The van der Waals surface area contributed by atoms with E-state index in [2.05, 4.69) is 41.6 Å². The molecule has 0 bridgehead atoms. The fourth-order valence-corrected chi connectivity index (χ4v) is 3.27. The molecule has 1 aromatic heterocycles. The lowest BCUT2D eigenvalue weighted by molar-refractivity contribution is 0.376. The van der Waals surface area contributed by atoms with Crippen LogP contribution in [-0.4, -0.2) is 35.2 Å². The molecule has 1 atom stereocenters. The minimum absolute atomic E-state index is 0.386. The summed E-state index contributed by atoms with van der Waals surface area (Å²) >= 11 is 2.01. The fourth-order valence-electron chi connectivity index (χ4n) is 2.20. The molecule has 1 saturated heterocycles. The predicted octanol–water partition coefficient (Wildman–Crippen LogP) is 2.75. The van der Waals surface area contributed by atoms with Crippen molar-refractivity contribution >= 4 is 17.7 Å². The molecule has 2 N–H and O–H groups in total. The van der Waals surface area contributed by atoms with Gasteiger partial charge in [0.05, 0.1) is 5.69 Å². The van der Waals surface area contributed by atoms with Crippen LogP contribution >= 0.6 is 11.8 Å². The number of nitrogens with zero attached hydrogens (tertiary/aromatic N) is 2. The Balaban J connectivity index is 1.92. The van der Waals surface area contributed by atoms with Gasteiger partial charge in [0.2, 0.25) is 0 Å². The highest BCUT2D eigenvalue weighted by molar-refractivity contribution is 7.99. The minimum Gasteiger partial charge on any atom is -0.359 e. The SMILES string of the molecule is CCNC(=NCc1cc(C(C)C)no1)NC1CCCSC1. The number of rotatable bonds is 5. The van der Waals surface area contributed by atoms with Crippen molar-refractivity contribution in [1.29, 1.82) is 0 Å². The van der Waals surface area contributed by atoms with Crippen LogP contribution in [0.2, 0.25) is 0 Å². The van der Waals surface area contributed by atoms with E-state index in [1.54, 1.807) is 0 Å². The van der Waals surface area contributed by atoms with Crippen LogP contribution in [0.15, 0.2) is 15.6 Å². The molecule has 5 nitrogen and oxygen atoms in total. The van der Waals surface area contributed by atoms with Gasteiger partial charge in [0.25, 0.3) is 0 Å². The van der Waals surface area contributed by atoms with Crippen LogP contribution in [0.5, 0.6) is 0 Å². The number of nitrogens with one attached hydrogen (secondary N) is 2. The Labute approximate surface area is 131 Å². The van der Waals surface area contributed by atoms with E-state index in [9.17, 15) is 0 Å². The number of guanidine groups is 1. The lowest BCUT2D eigenvalue weighted by Crippen LogP contribution is -2.45. The maximum Gasteiger partial charge on any atom is 0.191 e. The second-order valence-corrected chi connectivity index (χ2v) is 6.78. The Kier molecular flexibility index (Phi) is 6.42. The Morgan fingerprint density at radius 3 is 3.05 bits per heavy atom. The molecule has 0 aromatic carbocycles. The van der Waals surface area contributed by atoms with Crippen LogP contribution < -0.4 is 10.6 Å². The smallest absolute Gasteiger partial charge is 0.191 e. The molecule has 6 heteroatoms. The monoisotopic (exact) mass is 310 g/mol. The van der Waals surface area contributed by atoms with Crippen molar-refractivity contribution in [2.24, 2.45) is 4.99 Å². The van der Waals surface area contributed by atoms with Crippen molar-refractivity contribution in [3.63, 3.8) is 0 Å². The summed E-state index contributed by atoms with van der Waals surface area (Å²) in [7, 11) is 0. The van der Waals surface area contributed by atoms with Gasteiger partial charge in [-0.2, -0.15) is 11.8 Å². The van der Waals surface area contributed by atoms with Crippen molar-refractivity contribution in [3.05, 3.63) is 17.5 Å². The average Bonchev–Trinajstić information content (AvgIpc) is 2.95. The molecule has 1 aliphatic rings. The molecule has 0 radical (unpaired) electrons. The van der Waals surface area contributed by atoms with E-state index in [1.807, 2.05) is 17.8 Å². The molecule has 1 fully saturated rings. The molecule has 0 saturated carbocycles. The Morgan fingerprint density at radius 2 is 2.43 bits per heavy atom. The molecule has 0 spiro atoms. The Bertz CT molecular complexity index is 452. The Morgan fingerprint density at radius 1 is 1.57 bits per heavy atom. The maximum absolute atomic E-state index is 5.33. The second kappa shape index (κ2) is 8.32. The largest absolute Gasteiger partial charge is 0.359 e. The molecular formula is C15H26N4OS. The van der Waals surface area contributed by atoms with Crippen LogP contribution in [0.25, 0.3) is 0 Å². The number of aliphatic imine (C=N–C) groups is 1. The summed E-state index contributed by atoms with van der Waals surface area (Å²) in [5, 5.41) is 10.9. The molecule has 1 aliphatic heterocycles. The van der Waals surface area contributed by atoms with Gasteiger partial charge in [-0.3, -0.25) is 0 Å². The molecule has 1 aromatic rings. The highest BCUT2D eigenvalue weighted by Crippen LogP contribution is 2.17. The summed E-state index contributed by atoms with van der Waals surface area (Å²) in [4.78, 5) is 4.60. The zero-order valence-corrected chi connectivity index (χ0v) is 14.0. The summed E-state index contributed by atoms with van der Waals surface area (Å²) < 4.78 is 5.33. The number of hydrogen-bond acceptors (Lipinski definition) is 4. The van der Waals surface area contributed by atoms with Crippen molar-refractivity contribution < 1.29 is 4.52 Å². The van der Waals surface area contributed by atoms with Crippen LogP contribution in [0.4, 0.5) is 0 Å². The zero-order valence-electron chi connectivity index (χ0n) is 13.2. The van der Waals surface area contributed by atoms with Crippen LogP contribution in [0.1, 0.15) is 51.0 Å². The summed E-state index contributed by atoms with van der Waals surface area (Å²) in [6.07, 6.45) is 2.50. The molecule has 118 valence electrons. The van der Waals surface area contributed by atoms with E-state index in [-0.39, 0.29) is 0 Å². The quantitative estimate of drug-likeness (QED) is 0.647. The Hall–Kier alpha value is -1.17. The number of thioether (sulfide) groups is 1. The van der Waals surface area contributed by atoms with E-state index < -0.39 is 0 Å². The van der Waals surface area contributed by atoms with Gasteiger partial charge in [-0.25, -0.2) is 4.99 Å². The van der Waals surface area contributed by atoms with E-state index in [0.717, 1.165) is 29.7 Å². The van der Waals surface area contributed by atoms with Gasteiger partial charge >= 0.3 is 0 Å². The summed E-state index contributed by atoms with van der Waals surface area (Å²) in [5.74, 6) is 4.50. The number of aromatic nitrogens is 1. The minimum atomic E-state index is 0.386. The number of hydrogen-bond donors (Lipinski definition) is 2. The van der Waals surface area contributed by atoms with Gasteiger partial charge in [-0.05, 0) is 31.4 Å². The molecule has 1 unspecified atom stereocenters. The lowest BCUT2D eigenvalue weighted by atomic mass is 10.1. The first-order chi connectivity index (χ1) is 10.2. The molecular weight excluding hydrogens is 284 g/mol. The normalized spacial score (nSPS) is 19.8. The third-order valence-corrected chi connectivity index (χ3v) is 4.62. The van der Waals surface area contributed by atoms with Crippen molar-refractivity contribution in [3.8, 4) is 0 Å². The molecule has 21 heavy (non-hydrogen) atoms. The topological polar surface area (TPSA) is 62.5 Å². The summed E-state index contributed by atoms with van der Waals surface area (Å²) in [6.45, 7) is 7.68. The second-order valence-electron chi connectivity index (χ2n) is 5.63. The first-order valence-electron chi connectivity index (χ1n) is 7.77. The van der Waals surface area contributed by atoms with Crippen molar-refractivity contribution in [2.45, 2.75) is 52.1 Å². The zero-order chi connectivity index (χ0) is 15.1. The van der Waals surface area contributed by atoms with Crippen LogP contribution in [-0.2, 0) is 6.54 Å². The third kappa shape index (κ3) is 5.26. The first-order valence-corrected chi connectivity index (χ1v) is 8.92. The van der Waals surface area contributed by atoms with Gasteiger partial charge in [0.1, 0.15) is 6.54 Å². The van der Waals surface area contributed by atoms with Crippen LogP contribution in [0.3, 0.4) is 0 Å². The fraction of sp³-hybridized carbons (Fsp3) is 0.733. The van der Waals surface area contributed by atoms with E-state index in [0.29, 0.717) is 18.5 Å². The predicted molar refractivity (Wildman–Crippen MR) is 88.9 cm³/mol. The first kappa shape index (κ1) is 16.2. The average molecular weight is 310 g/mol. The molecule has 2 heterocycles. The third-order valence-electron chi connectivity index (χ3n) is 3.41. The highest BCUT2D eigenvalue weighted by Gasteiger charge is 2.15. The molecule has 0 aliphatic carbocycles. The van der Waals surface area contributed by atoms with Crippen molar-refractivity contribution in [2.75, 3.05) is 18.1 Å². The molecule has 2 rings (SSSR count). The van der Waals surface area contributed by atoms with Gasteiger partial charge in [0.15, 0.2) is 11.7 Å². The van der Waals surface area contributed by atoms with Crippen molar-refractivity contribution in [1.82, 2.24) is 15.8 Å². The van der Waals surface area contributed by atoms with E-state index >= 15 is 0 Å². The molecule has 0 amide bonds. The van der Waals surface area contributed by atoms with E-state index in [1.165, 1.54) is 18.6 Å². The van der Waals surface area contributed by atoms with Gasteiger partial charge in [0, 0.05) is 24.4 Å². The maximum atomic E-state index is 5.33.